The van der Waals surface area contributed by atoms with Gasteiger partial charge in [-0.2, -0.15) is 0 Å². The zero-order valence-electron chi connectivity index (χ0n) is 10.3. The fraction of sp³-hybridized carbons (Fsp3) is 0.214. The maximum atomic E-state index is 10.5. The Kier molecular flexibility index (Phi) is 3.67. The topological polar surface area (TPSA) is 45.1 Å². The fourth-order valence-corrected chi connectivity index (χ4v) is 1.72. The van der Waals surface area contributed by atoms with Gasteiger partial charge in [0.1, 0.15) is 13.5 Å². The molecule has 0 aliphatic carbocycles. The lowest BCUT2D eigenvalue weighted by atomic mass is 10.1. The molecule has 4 heteroatoms. The highest BCUT2D eigenvalue weighted by Gasteiger charge is 2.06. The molecule has 0 aliphatic rings. The molecular weight excluding hydrogens is 228 g/mol. The van der Waals surface area contributed by atoms with E-state index in [9.17, 15) is 4.79 Å². The van der Waals surface area contributed by atoms with E-state index in [0.717, 1.165) is 11.1 Å². The van der Waals surface area contributed by atoms with Crippen molar-refractivity contribution in [3.63, 3.8) is 0 Å². The lowest BCUT2D eigenvalue weighted by Crippen LogP contribution is -2.33. The number of rotatable bonds is 4. The van der Waals surface area contributed by atoms with E-state index in [1.54, 1.807) is 0 Å². The van der Waals surface area contributed by atoms with Gasteiger partial charge in [0.05, 0.1) is 0 Å². The number of aryl methyl sites for hydroxylation is 2. The Hall–Kier alpha value is -2.23. The average molecular weight is 244 g/mol. The van der Waals surface area contributed by atoms with Crippen LogP contribution in [0.15, 0.2) is 49.1 Å². The third-order valence-corrected chi connectivity index (χ3v) is 2.79. The monoisotopic (exact) mass is 244 g/mol. The molecule has 2 aromatic heterocycles. The summed E-state index contributed by atoms with van der Waals surface area (Å²) in [5.41, 5.74) is 2.28. The van der Waals surface area contributed by atoms with Crippen molar-refractivity contribution in [3.05, 3.63) is 49.1 Å². The first kappa shape index (κ1) is 12.2. The first-order chi connectivity index (χ1) is 8.65. The quantitative estimate of drug-likeness (QED) is 0.814. The molecule has 18 heavy (non-hydrogen) atoms. The Morgan fingerprint density at radius 2 is 1.56 bits per heavy atom. The summed E-state index contributed by atoms with van der Waals surface area (Å²) in [6, 6.07) is 8.10. The highest BCUT2D eigenvalue weighted by Crippen LogP contribution is 2.15. The number of aromatic nitrogens is 2. The molecule has 0 atom stereocenters. The molecule has 0 bridgehead atoms. The van der Waals surface area contributed by atoms with Crippen molar-refractivity contribution in [2.75, 3.05) is 0 Å². The molecule has 0 saturated heterocycles. The Morgan fingerprint density at radius 3 is 2.06 bits per heavy atom. The van der Waals surface area contributed by atoms with Crippen LogP contribution in [-0.4, -0.2) is 11.1 Å². The van der Waals surface area contributed by atoms with Crippen LogP contribution in [0.5, 0.6) is 0 Å². The van der Waals surface area contributed by atoms with Crippen LogP contribution >= 0.6 is 0 Å². The van der Waals surface area contributed by atoms with E-state index in [2.05, 4.69) is 12.1 Å². The van der Waals surface area contributed by atoms with Gasteiger partial charge >= 0.3 is 5.97 Å². The smallest absolute Gasteiger partial charge is 0.309 e. The van der Waals surface area contributed by atoms with Crippen LogP contribution in [0.25, 0.3) is 11.1 Å². The van der Waals surface area contributed by atoms with Gasteiger partial charge in [-0.05, 0) is 11.1 Å². The lowest BCUT2D eigenvalue weighted by Gasteiger charge is -1.99. The fourth-order valence-electron chi connectivity index (χ4n) is 1.72. The number of hydrogen-bond donors (Lipinski definition) is 1. The van der Waals surface area contributed by atoms with E-state index < -0.39 is 5.97 Å². The van der Waals surface area contributed by atoms with E-state index in [1.807, 2.05) is 53.1 Å². The van der Waals surface area contributed by atoms with Crippen molar-refractivity contribution in [3.8, 4) is 11.1 Å². The maximum absolute atomic E-state index is 10.5. The van der Waals surface area contributed by atoms with Gasteiger partial charge in [-0.3, -0.25) is 4.79 Å². The van der Waals surface area contributed by atoms with Gasteiger partial charge < -0.3 is 5.11 Å². The highest BCUT2D eigenvalue weighted by atomic mass is 16.4. The largest absolute Gasteiger partial charge is 0.481 e. The van der Waals surface area contributed by atoms with Crippen LogP contribution in [0.4, 0.5) is 0 Å². The first-order valence-corrected chi connectivity index (χ1v) is 5.82. The molecule has 2 rings (SSSR count). The van der Waals surface area contributed by atoms with Gasteiger partial charge in [-0.1, -0.05) is 0 Å². The summed E-state index contributed by atoms with van der Waals surface area (Å²) in [6.45, 7) is 0.499. The first-order valence-electron chi connectivity index (χ1n) is 5.82. The maximum Gasteiger partial charge on any atom is 0.309 e. The number of nitrogens with zero attached hydrogens (tertiary/aromatic N) is 2. The zero-order chi connectivity index (χ0) is 13.0. The minimum atomic E-state index is -0.776. The molecule has 4 nitrogen and oxygen atoms in total. The van der Waals surface area contributed by atoms with Crippen molar-refractivity contribution in [1.82, 2.24) is 0 Å². The summed E-state index contributed by atoms with van der Waals surface area (Å²) in [6.07, 6.45) is 7.96. The van der Waals surface area contributed by atoms with Crippen molar-refractivity contribution < 1.29 is 19.0 Å². The van der Waals surface area contributed by atoms with E-state index in [4.69, 9.17) is 5.11 Å². The molecule has 0 saturated carbocycles. The summed E-state index contributed by atoms with van der Waals surface area (Å²) in [4.78, 5) is 10.5. The number of carbonyl (C=O) groups is 1. The second-order valence-electron chi connectivity index (χ2n) is 4.22. The molecular formula is C14H16N2O2+2. The van der Waals surface area contributed by atoms with E-state index in [1.165, 1.54) is 0 Å². The van der Waals surface area contributed by atoms with Crippen LogP contribution < -0.4 is 9.13 Å². The molecule has 0 spiro atoms. The summed E-state index contributed by atoms with van der Waals surface area (Å²) >= 11 is 0. The third-order valence-electron chi connectivity index (χ3n) is 2.79. The predicted octanol–water partition coefficient (Wildman–Crippen LogP) is 0.940. The summed E-state index contributed by atoms with van der Waals surface area (Å²) in [5.74, 6) is -0.776. The lowest BCUT2D eigenvalue weighted by molar-refractivity contribution is -0.695. The van der Waals surface area contributed by atoms with Crippen molar-refractivity contribution in [1.29, 1.82) is 0 Å². The minimum Gasteiger partial charge on any atom is -0.481 e. The summed E-state index contributed by atoms with van der Waals surface area (Å²) in [5, 5.41) is 8.62. The van der Waals surface area contributed by atoms with Crippen LogP contribution in [-0.2, 0) is 18.4 Å². The normalized spacial score (nSPS) is 10.3. The molecule has 0 radical (unpaired) electrons. The predicted molar refractivity (Wildman–Crippen MR) is 65.5 cm³/mol. The van der Waals surface area contributed by atoms with Crippen molar-refractivity contribution in [2.45, 2.75) is 13.0 Å². The van der Waals surface area contributed by atoms with E-state index in [-0.39, 0.29) is 6.42 Å². The zero-order valence-corrected chi connectivity index (χ0v) is 10.3. The molecule has 0 amide bonds. The van der Waals surface area contributed by atoms with Gasteiger partial charge in [0, 0.05) is 24.3 Å². The van der Waals surface area contributed by atoms with Crippen molar-refractivity contribution >= 4 is 5.97 Å². The SMILES string of the molecule is C[n+]1ccc(-c2cc[n+](CCC(=O)O)cc2)cc1. The van der Waals surface area contributed by atoms with Crippen LogP contribution in [0, 0.1) is 0 Å². The number of hydrogen-bond acceptors (Lipinski definition) is 1. The number of carboxylic acids is 1. The van der Waals surface area contributed by atoms with Crippen LogP contribution in [0.1, 0.15) is 6.42 Å². The standard InChI is InChI=1S/C14H15N2O2/c1-15-7-2-12(3-8-15)13-4-9-16(10-5-13)11-6-14(17)18/h2-5,7-10H,6,11H2,1H3/q+1/p+1. The molecule has 0 fully saturated rings. The van der Waals surface area contributed by atoms with E-state index >= 15 is 0 Å². The Balaban J connectivity index is 2.12. The van der Waals surface area contributed by atoms with Gasteiger partial charge in [-0.15, -0.1) is 0 Å². The Morgan fingerprint density at radius 1 is 1.06 bits per heavy atom. The number of pyridine rings is 2. The van der Waals surface area contributed by atoms with Crippen LogP contribution in [0.2, 0.25) is 0 Å². The van der Waals surface area contributed by atoms with Gasteiger partial charge in [0.2, 0.25) is 0 Å². The second-order valence-corrected chi connectivity index (χ2v) is 4.22. The molecule has 92 valence electrons. The Labute approximate surface area is 106 Å². The third kappa shape index (κ3) is 3.13. The molecule has 0 aromatic carbocycles. The Bertz CT molecular complexity index is 533. The molecule has 0 unspecified atom stereocenters. The second kappa shape index (κ2) is 5.40. The van der Waals surface area contributed by atoms with Gasteiger partial charge in [-0.25, -0.2) is 9.13 Å². The minimum absolute atomic E-state index is 0.144. The molecule has 2 aromatic rings. The number of aliphatic carboxylic acids is 1. The van der Waals surface area contributed by atoms with Crippen LogP contribution in [0.3, 0.4) is 0 Å². The van der Waals surface area contributed by atoms with Gasteiger partial charge in [0.15, 0.2) is 31.3 Å². The van der Waals surface area contributed by atoms with Gasteiger partial charge in [0.25, 0.3) is 0 Å². The van der Waals surface area contributed by atoms with E-state index in [0.29, 0.717) is 6.54 Å². The van der Waals surface area contributed by atoms with Crippen molar-refractivity contribution in [2.24, 2.45) is 7.05 Å². The summed E-state index contributed by atoms with van der Waals surface area (Å²) < 4.78 is 3.86. The molecule has 0 aliphatic heterocycles. The molecule has 2 heterocycles. The average Bonchev–Trinajstić information content (AvgIpc) is 2.38. The highest BCUT2D eigenvalue weighted by molar-refractivity contribution is 5.66. The summed E-state index contributed by atoms with van der Waals surface area (Å²) in [7, 11) is 1.98. The molecule has 1 N–H and O–H groups in total. The number of carboxylic acid groups (broad SMARTS) is 1.